The van der Waals surface area contributed by atoms with E-state index in [-0.39, 0.29) is 0 Å². The van der Waals surface area contributed by atoms with Crippen LogP contribution < -0.4 is 0 Å². The highest BCUT2D eigenvalue weighted by molar-refractivity contribution is 5.24. The monoisotopic (exact) mass is 246 g/mol. The Labute approximate surface area is 111 Å². The van der Waals surface area contributed by atoms with Crippen molar-refractivity contribution < 1.29 is 5.11 Å². The summed E-state index contributed by atoms with van der Waals surface area (Å²) in [5.74, 6) is 0.724. The van der Waals surface area contributed by atoms with Gasteiger partial charge < -0.3 is 5.11 Å². The predicted molar refractivity (Wildman–Crippen MR) is 76.7 cm³/mol. The Morgan fingerprint density at radius 3 is 2.67 bits per heavy atom. The second kappa shape index (κ2) is 5.88. The van der Waals surface area contributed by atoms with Gasteiger partial charge in [0.05, 0.1) is 5.60 Å². The molecule has 1 aromatic rings. The molecule has 0 bridgehead atoms. The highest BCUT2D eigenvalue weighted by Crippen LogP contribution is 2.46. The second-order valence-electron chi connectivity index (χ2n) is 5.89. The molecule has 100 valence electrons. The first kappa shape index (κ1) is 13.6. The first-order valence-electron chi connectivity index (χ1n) is 7.45. The summed E-state index contributed by atoms with van der Waals surface area (Å²) < 4.78 is 0. The van der Waals surface area contributed by atoms with Gasteiger partial charge in [0.2, 0.25) is 0 Å². The van der Waals surface area contributed by atoms with Crippen LogP contribution in [-0.4, -0.2) is 10.7 Å². The van der Waals surface area contributed by atoms with Crippen LogP contribution in [0.5, 0.6) is 0 Å². The lowest BCUT2D eigenvalue weighted by Gasteiger charge is -2.44. The third kappa shape index (κ3) is 2.61. The number of benzene rings is 1. The molecule has 0 aromatic heterocycles. The van der Waals surface area contributed by atoms with Gasteiger partial charge in [-0.2, -0.15) is 0 Å². The molecule has 1 aliphatic rings. The molecule has 1 fully saturated rings. The summed E-state index contributed by atoms with van der Waals surface area (Å²) in [6.07, 6.45) is 6.81. The summed E-state index contributed by atoms with van der Waals surface area (Å²) in [5.41, 5.74) is 0.831. The average Bonchev–Trinajstić information content (AvgIpc) is 2.40. The molecule has 0 heterocycles. The fraction of sp³-hybridized carbons (Fsp3) is 0.647. The zero-order valence-corrected chi connectivity index (χ0v) is 11.7. The Morgan fingerprint density at radius 1 is 1.28 bits per heavy atom. The van der Waals surface area contributed by atoms with Gasteiger partial charge >= 0.3 is 0 Å². The van der Waals surface area contributed by atoms with E-state index in [1.807, 2.05) is 0 Å². The van der Waals surface area contributed by atoms with Crippen LogP contribution in [0.3, 0.4) is 0 Å². The molecule has 3 atom stereocenters. The standard InChI is InChI=1S/C17H26O/c1-3-9-14(2)17(18)13-8-7-12-16(17)15-10-5-4-6-11-15/h4-6,10-11,14,16,18H,3,7-9,12-13H2,1-2H3. The fourth-order valence-electron chi connectivity index (χ4n) is 3.59. The minimum Gasteiger partial charge on any atom is -0.389 e. The van der Waals surface area contributed by atoms with Crippen LogP contribution in [0.2, 0.25) is 0 Å². The molecule has 1 aliphatic carbocycles. The maximum atomic E-state index is 11.2. The van der Waals surface area contributed by atoms with Gasteiger partial charge in [0.25, 0.3) is 0 Å². The molecule has 1 saturated carbocycles. The van der Waals surface area contributed by atoms with Crippen molar-refractivity contribution in [1.82, 2.24) is 0 Å². The van der Waals surface area contributed by atoms with E-state index in [1.165, 1.54) is 18.4 Å². The molecule has 1 aromatic carbocycles. The Balaban J connectivity index is 2.25. The van der Waals surface area contributed by atoms with Crippen LogP contribution in [-0.2, 0) is 0 Å². The zero-order chi connectivity index (χ0) is 13.0. The molecule has 1 N–H and O–H groups in total. The second-order valence-corrected chi connectivity index (χ2v) is 5.89. The minimum absolute atomic E-state index is 0.328. The van der Waals surface area contributed by atoms with Crippen molar-refractivity contribution in [2.24, 2.45) is 5.92 Å². The quantitative estimate of drug-likeness (QED) is 0.828. The smallest absolute Gasteiger partial charge is 0.0741 e. The van der Waals surface area contributed by atoms with Crippen molar-refractivity contribution >= 4 is 0 Å². The van der Waals surface area contributed by atoms with Crippen molar-refractivity contribution in [3.63, 3.8) is 0 Å². The summed E-state index contributed by atoms with van der Waals surface area (Å²) in [6, 6.07) is 10.6. The summed E-state index contributed by atoms with van der Waals surface area (Å²) in [6.45, 7) is 4.44. The van der Waals surface area contributed by atoms with Gasteiger partial charge in [-0.15, -0.1) is 0 Å². The Kier molecular flexibility index (Phi) is 4.45. The number of aliphatic hydroxyl groups is 1. The van der Waals surface area contributed by atoms with E-state index >= 15 is 0 Å². The number of rotatable bonds is 4. The molecular formula is C17H26O. The lowest BCUT2D eigenvalue weighted by atomic mass is 9.65. The van der Waals surface area contributed by atoms with Crippen molar-refractivity contribution in [1.29, 1.82) is 0 Å². The van der Waals surface area contributed by atoms with Crippen molar-refractivity contribution in [2.75, 3.05) is 0 Å². The molecule has 18 heavy (non-hydrogen) atoms. The maximum absolute atomic E-state index is 11.2. The first-order chi connectivity index (χ1) is 8.68. The Hall–Kier alpha value is -0.820. The maximum Gasteiger partial charge on any atom is 0.0741 e. The molecule has 0 radical (unpaired) electrons. The molecule has 1 nitrogen and oxygen atoms in total. The van der Waals surface area contributed by atoms with Crippen LogP contribution in [0.15, 0.2) is 30.3 Å². The molecule has 0 amide bonds. The third-order valence-electron chi connectivity index (χ3n) is 4.70. The SMILES string of the molecule is CCCC(C)C1(O)CCCCC1c1ccccc1. The van der Waals surface area contributed by atoms with E-state index in [0.717, 1.165) is 25.7 Å². The van der Waals surface area contributed by atoms with Crippen molar-refractivity contribution in [3.8, 4) is 0 Å². The van der Waals surface area contributed by atoms with E-state index in [4.69, 9.17) is 0 Å². The normalized spacial score (nSPS) is 30.1. The molecular weight excluding hydrogens is 220 g/mol. The summed E-state index contributed by atoms with van der Waals surface area (Å²) in [4.78, 5) is 0. The van der Waals surface area contributed by atoms with Gasteiger partial charge in [0.1, 0.15) is 0 Å². The Bertz CT molecular complexity index is 359. The van der Waals surface area contributed by atoms with E-state index in [1.54, 1.807) is 0 Å². The molecule has 2 rings (SSSR count). The van der Waals surface area contributed by atoms with E-state index < -0.39 is 5.60 Å². The van der Waals surface area contributed by atoms with Crippen LogP contribution in [0.1, 0.15) is 63.9 Å². The van der Waals surface area contributed by atoms with Crippen LogP contribution >= 0.6 is 0 Å². The van der Waals surface area contributed by atoms with E-state index in [0.29, 0.717) is 11.8 Å². The summed E-state index contributed by atoms with van der Waals surface area (Å²) in [5, 5.41) is 11.2. The fourth-order valence-corrected chi connectivity index (χ4v) is 3.59. The molecule has 0 spiro atoms. The van der Waals surface area contributed by atoms with Crippen LogP contribution in [0, 0.1) is 5.92 Å². The summed E-state index contributed by atoms with van der Waals surface area (Å²) >= 11 is 0. The van der Waals surface area contributed by atoms with Gasteiger partial charge in [-0.25, -0.2) is 0 Å². The predicted octanol–water partition coefficient (Wildman–Crippen LogP) is 4.51. The third-order valence-corrected chi connectivity index (χ3v) is 4.70. The molecule has 0 aliphatic heterocycles. The Morgan fingerprint density at radius 2 is 2.00 bits per heavy atom. The van der Waals surface area contributed by atoms with E-state index in [9.17, 15) is 5.11 Å². The lowest BCUT2D eigenvalue weighted by molar-refractivity contribution is -0.0645. The highest BCUT2D eigenvalue weighted by atomic mass is 16.3. The largest absolute Gasteiger partial charge is 0.389 e. The van der Waals surface area contributed by atoms with Gasteiger partial charge in [0.15, 0.2) is 0 Å². The van der Waals surface area contributed by atoms with Crippen molar-refractivity contribution in [3.05, 3.63) is 35.9 Å². The van der Waals surface area contributed by atoms with Crippen LogP contribution in [0.4, 0.5) is 0 Å². The average molecular weight is 246 g/mol. The van der Waals surface area contributed by atoms with Crippen molar-refractivity contribution in [2.45, 2.75) is 63.9 Å². The molecule has 0 saturated heterocycles. The summed E-state index contributed by atoms with van der Waals surface area (Å²) in [7, 11) is 0. The van der Waals surface area contributed by atoms with Crippen LogP contribution in [0.25, 0.3) is 0 Å². The zero-order valence-electron chi connectivity index (χ0n) is 11.7. The minimum atomic E-state index is -0.490. The topological polar surface area (TPSA) is 20.2 Å². The number of hydrogen-bond donors (Lipinski definition) is 1. The highest BCUT2D eigenvalue weighted by Gasteiger charge is 2.43. The molecule has 1 heteroatoms. The van der Waals surface area contributed by atoms with Gasteiger partial charge in [0, 0.05) is 5.92 Å². The van der Waals surface area contributed by atoms with Gasteiger partial charge in [-0.3, -0.25) is 0 Å². The van der Waals surface area contributed by atoms with Gasteiger partial charge in [-0.1, -0.05) is 63.4 Å². The van der Waals surface area contributed by atoms with E-state index in [2.05, 4.69) is 44.2 Å². The molecule has 3 unspecified atom stereocenters. The number of hydrogen-bond acceptors (Lipinski definition) is 1. The first-order valence-corrected chi connectivity index (χ1v) is 7.45. The van der Waals surface area contributed by atoms with Gasteiger partial charge in [-0.05, 0) is 30.7 Å². The lowest BCUT2D eigenvalue weighted by Crippen LogP contribution is -2.44.